The molecule has 2 aromatic rings. The molecule has 1 unspecified atom stereocenters. The number of ether oxygens (including phenoxy) is 1. The normalized spacial score (nSPS) is 16.2. The van der Waals surface area contributed by atoms with Gasteiger partial charge in [0.15, 0.2) is 0 Å². The molecule has 0 amide bonds. The Labute approximate surface area is 173 Å². The van der Waals surface area contributed by atoms with E-state index in [9.17, 15) is 5.11 Å². The number of aliphatic hydroxyl groups excluding tert-OH is 1. The van der Waals surface area contributed by atoms with Crippen LogP contribution in [0, 0.1) is 6.92 Å². The van der Waals surface area contributed by atoms with Crippen molar-refractivity contribution in [1.29, 1.82) is 0 Å². The molecule has 0 radical (unpaired) electrons. The third kappa shape index (κ3) is 5.87. The summed E-state index contributed by atoms with van der Waals surface area (Å²) in [7, 11) is 0. The van der Waals surface area contributed by atoms with Crippen molar-refractivity contribution in [3.63, 3.8) is 0 Å². The molecule has 0 saturated carbocycles. The summed E-state index contributed by atoms with van der Waals surface area (Å²) >= 11 is 6.16. The first kappa shape index (κ1) is 21.0. The Hall–Kier alpha value is -1.75. The maximum atomic E-state index is 10.4. The van der Waals surface area contributed by atoms with Gasteiger partial charge in [0.2, 0.25) is 0 Å². The van der Waals surface area contributed by atoms with Crippen molar-refractivity contribution in [2.24, 2.45) is 0 Å². The second-order valence-electron chi connectivity index (χ2n) is 7.58. The van der Waals surface area contributed by atoms with E-state index in [0.29, 0.717) is 13.2 Å². The van der Waals surface area contributed by atoms with Crippen molar-refractivity contribution >= 4 is 17.3 Å². The number of rotatable bonds is 8. The lowest BCUT2D eigenvalue weighted by Gasteiger charge is -2.37. The summed E-state index contributed by atoms with van der Waals surface area (Å²) in [5.74, 6) is 0.820. The van der Waals surface area contributed by atoms with Crippen molar-refractivity contribution in [3.8, 4) is 5.75 Å². The van der Waals surface area contributed by atoms with E-state index in [1.165, 1.54) is 16.8 Å². The van der Waals surface area contributed by atoms with Gasteiger partial charge in [0.1, 0.15) is 18.5 Å². The second-order valence-corrected chi connectivity index (χ2v) is 8.01. The van der Waals surface area contributed by atoms with Crippen molar-refractivity contribution in [2.45, 2.75) is 32.8 Å². The molecule has 1 atom stereocenters. The lowest BCUT2D eigenvalue weighted by atomic mass is 10.1. The van der Waals surface area contributed by atoms with E-state index < -0.39 is 6.10 Å². The summed E-state index contributed by atoms with van der Waals surface area (Å²) in [6, 6.07) is 14.2. The summed E-state index contributed by atoms with van der Waals surface area (Å²) in [6.45, 7) is 8.98. The van der Waals surface area contributed by atoms with Gasteiger partial charge in [-0.1, -0.05) is 43.1 Å². The monoisotopic (exact) mass is 402 g/mol. The van der Waals surface area contributed by atoms with E-state index in [2.05, 4.69) is 41.8 Å². The van der Waals surface area contributed by atoms with Crippen LogP contribution in [0.5, 0.6) is 5.75 Å². The molecular formula is C23H31ClN2O2. The Morgan fingerprint density at radius 1 is 1.07 bits per heavy atom. The molecule has 0 aromatic heterocycles. The van der Waals surface area contributed by atoms with Crippen molar-refractivity contribution in [2.75, 3.05) is 44.2 Å². The Morgan fingerprint density at radius 3 is 2.46 bits per heavy atom. The molecule has 3 rings (SSSR count). The summed E-state index contributed by atoms with van der Waals surface area (Å²) in [6.07, 6.45) is 1.74. The molecule has 0 bridgehead atoms. The zero-order valence-electron chi connectivity index (χ0n) is 16.9. The minimum atomic E-state index is -0.491. The predicted octanol–water partition coefficient (Wildman–Crippen LogP) is 4.16. The predicted molar refractivity (Wildman–Crippen MR) is 117 cm³/mol. The highest BCUT2D eigenvalue weighted by Gasteiger charge is 2.20. The molecule has 152 valence electrons. The van der Waals surface area contributed by atoms with Crippen LogP contribution >= 0.6 is 11.6 Å². The van der Waals surface area contributed by atoms with Crippen molar-refractivity contribution < 1.29 is 9.84 Å². The Kier molecular flexibility index (Phi) is 7.60. The minimum Gasteiger partial charge on any atom is -0.491 e. The number of benzene rings is 2. The van der Waals surface area contributed by atoms with E-state index in [-0.39, 0.29) is 0 Å². The van der Waals surface area contributed by atoms with Gasteiger partial charge < -0.3 is 14.7 Å². The number of aliphatic hydroxyl groups is 1. The first-order valence-electron chi connectivity index (χ1n) is 10.2. The molecular weight excluding hydrogens is 372 g/mol. The van der Waals surface area contributed by atoms with E-state index in [1.807, 2.05) is 24.3 Å². The van der Waals surface area contributed by atoms with Crippen LogP contribution in [-0.4, -0.2) is 55.4 Å². The lowest BCUT2D eigenvalue weighted by molar-refractivity contribution is 0.0663. The van der Waals surface area contributed by atoms with Crippen molar-refractivity contribution in [1.82, 2.24) is 4.90 Å². The van der Waals surface area contributed by atoms with Crippen LogP contribution < -0.4 is 9.64 Å². The number of β-amino-alcohol motifs (C(OH)–C–C–N with tert-alkyl or cyclic N) is 1. The third-order valence-corrected chi connectivity index (χ3v) is 5.49. The quantitative estimate of drug-likeness (QED) is 0.719. The van der Waals surface area contributed by atoms with Gasteiger partial charge >= 0.3 is 0 Å². The standard InChI is InChI=1S/C23H31ClN2O2/c1-3-4-19-6-9-22(10-7-19)28-17-21(27)16-25-11-13-26(14-12-25)23-15-20(24)8-5-18(23)2/h5-10,15,21,27H,3-4,11-14,16-17H2,1-2H3. The molecule has 2 aromatic carbocycles. The smallest absolute Gasteiger partial charge is 0.119 e. The first-order chi connectivity index (χ1) is 13.5. The van der Waals surface area contributed by atoms with Gasteiger partial charge in [0, 0.05) is 43.4 Å². The molecule has 1 aliphatic rings. The maximum Gasteiger partial charge on any atom is 0.119 e. The zero-order chi connectivity index (χ0) is 19.9. The van der Waals surface area contributed by atoms with Crippen LogP contribution in [0.3, 0.4) is 0 Å². The van der Waals surface area contributed by atoms with Gasteiger partial charge in [-0.15, -0.1) is 0 Å². The molecule has 28 heavy (non-hydrogen) atoms. The van der Waals surface area contributed by atoms with Crippen LogP contribution in [0.2, 0.25) is 5.02 Å². The Morgan fingerprint density at radius 2 is 1.79 bits per heavy atom. The molecule has 1 fully saturated rings. The number of piperazine rings is 1. The van der Waals surface area contributed by atoms with Gasteiger partial charge in [0.05, 0.1) is 0 Å². The number of hydrogen-bond donors (Lipinski definition) is 1. The summed E-state index contributed by atoms with van der Waals surface area (Å²) in [4.78, 5) is 4.67. The van der Waals surface area contributed by atoms with Crippen LogP contribution in [0.1, 0.15) is 24.5 Å². The van der Waals surface area contributed by atoms with E-state index in [0.717, 1.165) is 49.8 Å². The third-order valence-electron chi connectivity index (χ3n) is 5.26. The summed E-state index contributed by atoms with van der Waals surface area (Å²) in [5, 5.41) is 11.1. The van der Waals surface area contributed by atoms with Gasteiger partial charge in [-0.2, -0.15) is 0 Å². The molecule has 0 spiro atoms. The largest absolute Gasteiger partial charge is 0.491 e. The average molecular weight is 403 g/mol. The Bertz CT molecular complexity index is 743. The Balaban J connectivity index is 1.42. The maximum absolute atomic E-state index is 10.4. The molecule has 1 saturated heterocycles. The topological polar surface area (TPSA) is 35.9 Å². The average Bonchev–Trinajstić information content (AvgIpc) is 2.70. The fourth-order valence-corrected chi connectivity index (χ4v) is 3.85. The highest BCUT2D eigenvalue weighted by Crippen LogP contribution is 2.25. The molecule has 1 aliphatic heterocycles. The second kappa shape index (κ2) is 10.1. The number of aryl methyl sites for hydroxylation is 2. The zero-order valence-corrected chi connectivity index (χ0v) is 17.7. The van der Waals surface area contributed by atoms with Crippen molar-refractivity contribution in [3.05, 3.63) is 58.6 Å². The highest BCUT2D eigenvalue weighted by molar-refractivity contribution is 6.30. The number of halogens is 1. The summed E-state index contributed by atoms with van der Waals surface area (Å²) in [5.41, 5.74) is 3.78. The van der Waals surface area contributed by atoms with E-state index in [1.54, 1.807) is 0 Å². The summed E-state index contributed by atoms with van der Waals surface area (Å²) < 4.78 is 5.76. The van der Waals surface area contributed by atoms with Crippen LogP contribution in [0.4, 0.5) is 5.69 Å². The molecule has 5 heteroatoms. The SMILES string of the molecule is CCCc1ccc(OCC(O)CN2CCN(c3cc(Cl)ccc3C)CC2)cc1. The van der Waals surface area contributed by atoms with Crippen LogP contribution in [-0.2, 0) is 6.42 Å². The fourth-order valence-electron chi connectivity index (χ4n) is 3.68. The number of nitrogens with zero attached hydrogens (tertiary/aromatic N) is 2. The molecule has 4 nitrogen and oxygen atoms in total. The van der Waals surface area contributed by atoms with Gasteiger partial charge in [-0.05, 0) is 48.7 Å². The number of hydrogen-bond acceptors (Lipinski definition) is 4. The van der Waals surface area contributed by atoms with E-state index in [4.69, 9.17) is 16.3 Å². The minimum absolute atomic E-state index is 0.320. The molecule has 1 heterocycles. The van der Waals surface area contributed by atoms with Gasteiger partial charge in [-0.25, -0.2) is 0 Å². The van der Waals surface area contributed by atoms with E-state index >= 15 is 0 Å². The van der Waals surface area contributed by atoms with Crippen LogP contribution in [0.15, 0.2) is 42.5 Å². The molecule has 1 N–H and O–H groups in total. The van der Waals surface area contributed by atoms with Gasteiger partial charge in [-0.3, -0.25) is 4.90 Å². The number of anilines is 1. The highest BCUT2D eigenvalue weighted by atomic mass is 35.5. The molecule has 0 aliphatic carbocycles. The fraction of sp³-hybridized carbons (Fsp3) is 0.478. The van der Waals surface area contributed by atoms with Crippen LogP contribution in [0.25, 0.3) is 0 Å². The lowest BCUT2D eigenvalue weighted by Crippen LogP contribution is -2.49. The first-order valence-corrected chi connectivity index (χ1v) is 10.6. The van der Waals surface area contributed by atoms with Gasteiger partial charge in [0.25, 0.3) is 0 Å².